The first-order valence-corrected chi connectivity index (χ1v) is 11.1. The van der Waals surface area contributed by atoms with Crippen LogP contribution in [0, 0.1) is 0 Å². The van der Waals surface area contributed by atoms with E-state index in [0.717, 1.165) is 16.7 Å². The van der Waals surface area contributed by atoms with Crippen LogP contribution in [0.5, 0.6) is 5.75 Å². The van der Waals surface area contributed by atoms with Crippen LogP contribution < -0.4 is 4.74 Å². The Labute approximate surface area is 173 Å². The third-order valence-corrected chi connectivity index (χ3v) is 7.42. The molecule has 0 amide bonds. The Morgan fingerprint density at radius 3 is 2.57 bits per heavy atom. The zero-order valence-electron chi connectivity index (χ0n) is 14.9. The fourth-order valence-corrected chi connectivity index (χ4v) is 5.56. The van der Waals surface area contributed by atoms with E-state index in [1.54, 1.807) is 12.3 Å². The smallest absolute Gasteiger partial charge is 0.244 e. The first-order valence-electron chi connectivity index (χ1n) is 8.91. The van der Waals surface area contributed by atoms with Gasteiger partial charge in [-0.15, -0.1) is 0 Å². The molecule has 3 aromatic rings. The highest BCUT2D eigenvalue weighted by atomic mass is 35.5. The van der Waals surface area contributed by atoms with E-state index < -0.39 is 10.0 Å². The summed E-state index contributed by atoms with van der Waals surface area (Å²) in [7, 11) is -3.70. The minimum Gasteiger partial charge on any atom is -0.488 e. The van der Waals surface area contributed by atoms with Gasteiger partial charge >= 0.3 is 0 Å². The Balaban J connectivity index is 1.48. The van der Waals surface area contributed by atoms with Crippen LogP contribution >= 0.6 is 23.2 Å². The number of para-hydroxylation sites is 1. The van der Waals surface area contributed by atoms with Crippen molar-refractivity contribution < 1.29 is 13.2 Å². The Kier molecular flexibility index (Phi) is 5.47. The molecule has 8 heteroatoms. The molecule has 1 saturated heterocycles. The van der Waals surface area contributed by atoms with Crippen molar-refractivity contribution in [3.05, 3.63) is 64.8 Å². The summed E-state index contributed by atoms with van der Waals surface area (Å²) in [6, 6.07) is 14.1. The summed E-state index contributed by atoms with van der Waals surface area (Å²) in [5, 5.41) is 1.52. The number of hydrogen-bond donors (Lipinski definition) is 0. The number of piperidine rings is 1. The SMILES string of the molecule is O=S(=O)(c1cc(Cl)ccc1Cl)N1CCC(Oc2cccc3cccnc23)CC1. The Morgan fingerprint density at radius 2 is 1.79 bits per heavy atom. The van der Waals surface area contributed by atoms with Gasteiger partial charge in [-0.1, -0.05) is 41.4 Å². The number of pyridine rings is 1. The molecule has 0 unspecified atom stereocenters. The van der Waals surface area contributed by atoms with Gasteiger partial charge in [-0.05, 0) is 43.2 Å². The minimum absolute atomic E-state index is 0.0410. The molecule has 1 aliphatic heterocycles. The zero-order chi connectivity index (χ0) is 19.7. The number of fused-ring (bicyclic) bond motifs is 1. The van der Waals surface area contributed by atoms with Crippen molar-refractivity contribution in [1.82, 2.24) is 9.29 Å². The van der Waals surface area contributed by atoms with E-state index >= 15 is 0 Å². The Morgan fingerprint density at radius 1 is 1.04 bits per heavy atom. The average Bonchev–Trinajstić information content (AvgIpc) is 2.70. The molecule has 5 nitrogen and oxygen atoms in total. The number of nitrogens with zero attached hydrogens (tertiary/aromatic N) is 2. The summed E-state index contributed by atoms with van der Waals surface area (Å²) in [6.45, 7) is 0.710. The zero-order valence-corrected chi connectivity index (χ0v) is 17.2. The van der Waals surface area contributed by atoms with Crippen molar-refractivity contribution in [3.63, 3.8) is 0 Å². The van der Waals surface area contributed by atoms with Crippen molar-refractivity contribution in [2.24, 2.45) is 0 Å². The van der Waals surface area contributed by atoms with E-state index in [4.69, 9.17) is 27.9 Å². The molecule has 0 saturated carbocycles. The lowest BCUT2D eigenvalue weighted by Crippen LogP contribution is -2.41. The number of ether oxygens (including phenoxy) is 1. The minimum atomic E-state index is -3.70. The van der Waals surface area contributed by atoms with Crippen LogP contribution in [0.4, 0.5) is 0 Å². The highest BCUT2D eigenvalue weighted by Crippen LogP contribution is 2.31. The lowest BCUT2D eigenvalue weighted by Gasteiger charge is -2.31. The standard InChI is InChI=1S/C20H18Cl2N2O3S/c21-15-6-7-17(22)19(13-15)28(25,26)24-11-8-16(9-12-24)27-18-5-1-3-14-4-2-10-23-20(14)18/h1-7,10,13,16H,8-9,11-12H2. The molecule has 2 aromatic carbocycles. The lowest BCUT2D eigenvalue weighted by molar-refractivity contribution is 0.136. The molecule has 0 aliphatic carbocycles. The van der Waals surface area contributed by atoms with E-state index in [1.807, 2.05) is 30.3 Å². The van der Waals surface area contributed by atoms with Gasteiger partial charge in [0.25, 0.3) is 0 Å². The topological polar surface area (TPSA) is 59.5 Å². The van der Waals surface area contributed by atoms with Crippen molar-refractivity contribution in [2.75, 3.05) is 13.1 Å². The predicted octanol–water partition coefficient (Wildman–Crippen LogP) is 4.77. The van der Waals surface area contributed by atoms with Gasteiger partial charge in [0.1, 0.15) is 22.3 Å². The third-order valence-electron chi connectivity index (χ3n) is 4.80. The fourth-order valence-electron chi connectivity index (χ4n) is 3.36. The monoisotopic (exact) mass is 436 g/mol. The molecular weight excluding hydrogens is 419 g/mol. The van der Waals surface area contributed by atoms with Crippen LogP contribution in [-0.2, 0) is 10.0 Å². The number of hydrogen-bond acceptors (Lipinski definition) is 4. The molecule has 28 heavy (non-hydrogen) atoms. The van der Waals surface area contributed by atoms with E-state index in [-0.39, 0.29) is 16.0 Å². The van der Waals surface area contributed by atoms with E-state index in [1.165, 1.54) is 16.4 Å². The average molecular weight is 437 g/mol. The van der Waals surface area contributed by atoms with Gasteiger partial charge in [-0.2, -0.15) is 4.31 Å². The van der Waals surface area contributed by atoms with Crippen molar-refractivity contribution in [1.29, 1.82) is 0 Å². The Hall–Kier alpha value is -1.86. The second-order valence-electron chi connectivity index (χ2n) is 6.63. The van der Waals surface area contributed by atoms with Gasteiger partial charge in [0.05, 0.1) is 5.02 Å². The fraction of sp³-hybridized carbons (Fsp3) is 0.250. The normalized spacial score (nSPS) is 16.4. The maximum Gasteiger partial charge on any atom is 0.244 e. The van der Waals surface area contributed by atoms with E-state index in [9.17, 15) is 8.42 Å². The number of aromatic nitrogens is 1. The van der Waals surface area contributed by atoms with Crippen LogP contribution in [0.25, 0.3) is 10.9 Å². The van der Waals surface area contributed by atoms with E-state index in [2.05, 4.69) is 4.98 Å². The number of benzene rings is 2. The van der Waals surface area contributed by atoms with Crippen LogP contribution in [0.2, 0.25) is 10.0 Å². The predicted molar refractivity (Wildman–Crippen MR) is 111 cm³/mol. The molecule has 146 valence electrons. The van der Waals surface area contributed by atoms with Crippen molar-refractivity contribution in [3.8, 4) is 5.75 Å². The summed E-state index contributed by atoms with van der Waals surface area (Å²) in [5.74, 6) is 0.720. The molecule has 4 rings (SSSR count). The molecule has 1 aromatic heterocycles. The highest BCUT2D eigenvalue weighted by molar-refractivity contribution is 7.89. The van der Waals surface area contributed by atoms with Gasteiger partial charge in [0.2, 0.25) is 10.0 Å². The summed E-state index contributed by atoms with van der Waals surface area (Å²) in [5.41, 5.74) is 0.811. The lowest BCUT2D eigenvalue weighted by atomic mass is 10.1. The molecule has 1 aliphatic rings. The van der Waals surface area contributed by atoms with Gasteiger partial charge < -0.3 is 4.74 Å². The van der Waals surface area contributed by atoms with Crippen molar-refractivity contribution in [2.45, 2.75) is 23.8 Å². The van der Waals surface area contributed by atoms with Gasteiger partial charge in [0.15, 0.2) is 0 Å². The second-order valence-corrected chi connectivity index (χ2v) is 9.38. The molecule has 2 heterocycles. The number of rotatable bonds is 4. The molecule has 1 fully saturated rings. The molecule has 0 N–H and O–H groups in total. The Bertz CT molecular complexity index is 1110. The summed E-state index contributed by atoms with van der Waals surface area (Å²) in [4.78, 5) is 4.44. The van der Waals surface area contributed by atoms with Gasteiger partial charge in [-0.3, -0.25) is 4.98 Å². The summed E-state index contributed by atoms with van der Waals surface area (Å²) >= 11 is 12.1. The summed E-state index contributed by atoms with van der Waals surface area (Å²) < 4.78 is 33.4. The molecule has 0 radical (unpaired) electrons. The maximum atomic E-state index is 12.9. The maximum absolute atomic E-state index is 12.9. The number of halogens is 2. The quantitative estimate of drug-likeness (QED) is 0.590. The first kappa shape index (κ1) is 19.5. The van der Waals surface area contributed by atoms with Crippen LogP contribution in [0.15, 0.2) is 59.6 Å². The second kappa shape index (κ2) is 7.87. The number of sulfonamides is 1. The largest absolute Gasteiger partial charge is 0.488 e. The summed E-state index contributed by atoms with van der Waals surface area (Å²) in [6.07, 6.45) is 2.83. The van der Waals surface area contributed by atoms with Crippen LogP contribution in [0.3, 0.4) is 0 Å². The van der Waals surface area contributed by atoms with Gasteiger partial charge in [-0.25, -0.2) is 8.42 Å². The van der Waals surface area contributed by atoms with Gasteiger partial charge in [0, 0.05) is 29.7 Å². The highest BCUT2D eigenvalue weighted by Gasteiger charge is 2.32. The van der Waals surface area contributed by atoms with E-state index in [0.29, 0.717) is 31.0 Å². The first-order chi connectivity index (χ1) is 13.4. The van der Waals surface area contributed by atoms with Crippen LogP contribution in [-0.4, -0.2) is 36.9 Å². The molecule has 0 bridgehead atoms. The van der Waals surface area contributed by atoms with Crippen molar-refractivity contribution >= 4 is 44.1 Å². The third kappa shape index (κ3) is 3.82. The molecule has 0 spiro atoms. The van der Waals surface area contributed by atoms with Crippen LogP contribution in [0.1, 0.15) is 12.8 Å². The molecule has 0 atom stereocenters. The molecular formula is C20H18Cl2N2O3S.